The minimum atomic E-state index is -0.485. The molecule has 2 aromatic rings. The van der Waals surface area contributed by atoms with Crippen molar-refractivity contribution in [1.29, 1.82) is 0 Å². The Morgan fingerprint density at radius 3 is 2.88 bits per heavy atom. The summed E-state index contributed by atoms with van der Waals surface area (Å²) in [6, 6.07) is 8.86. The summed E-state index contributed by atoms with van der Waals surface area (Å²) in [5.41, 5.74) is 1.14. The maximum atomic E-state index is 13.5. The third-order valence-electron chi connectivity index (χ3n) is 2.30. The first kappa shape index (κ1) is 12.0. The van der Waals surface area contributed by atoms with Crippen LogP contribution in [-0.2, 0) is 6.42 Å². The fraction of sp³-hybridized carbons (Fsp3) is 0.154. The van der Waals surface area contributed by atoms with Gasteiger partial charge in [-0.05, 0) is 46.1 Å². The van der Waals surface area contributed by atoms with E-state index in [-0.39, 0.29) is 5.88 Å². The Labute approximate surface area is 108 Å². The largest absolute Gasteiger partial charge is 0.436 e. The van der Waals surface area contributed by atoms with Crippen LogP contribution in [0.25, 0.3) is 0 Å². The van der Waals surface area contributed by atoms with Crippen molar-refractivity contribution in [3.63, 3.8) is 0 Å². The van der Waals surface area contributed by atoms with Crippen molar-refractivity contribution >= 4 is 15.9 Å². The number of rotatable bonds is 3. The standard InChI is InChI=1S/C13H11BrFNO/c1-2-9-4-3-5-11(6-9)17-13-12(15)7-10(14)8-16-13/h3-8H,2H2,1H3. The third kappa shape index (κ3) is 3.03. The normalized spacial score (nSPS) is 10.3. The number of hydrogen-bond acceptors (Lipinski definition) is 2. The lowest BCUT2D eigenvalue weighted by molar-refractivity contribution is 0.422. The molecule has 0 aliphatic heterocycles. The lowest BCUT2D eigenvalue weighted by Gasteiger charge is -2.06. The highest BCUT2D eigenvalue weighted by molar-refractivity contribution is 9.10. The van der Waals surface area contributed by atoms with E-state index in [1.807, 2.05) is 18.2 Å². The van der Waals surface area contributed by atoms with Gasteiger partial charge in [0.1, 0.15) is 5.75 Å². The zero-order valence-corrected chi connectivity index (χ0v) is 10.9. The minimum Gasteiger partial charge on any atom is -0.436 e. The molecule has 1 aromatic carbocycles. The molecule has 1 heterocycles. The molecule has 0 N–H and O–H groups in total. The Hall–Kier alpha value is -1.42. The van der Waals surface area contributed by atoms with Gasteiger partial charge >= 0.3 is 0 Å². The molecule has 88 valence electrons. The SMILES string of the molecule is CCc1cccc(Oc2ncc(Br)cc2F)c1. The molecule has 0 spiro atoms. The van der Waals surface area contributed by atoms with Crippen molar-refractivity contribution in [2.45, 2.75) is 13.3 Å². The maximum Gasteiger partial charge on any atom is 0.255 e. The van der Waals surface area contributed by atoms with Crippen LogP contribution in [0.5, 0.6) is 11.6 Å². The van der Waals surface area contributed by atoms with Crippen molar-refractivity contribution < 1.29 is 9.13 Å². The van der Waals surface area contributed by atoms with Crippen molar-refractivity contribution in [2.75, 3.05) is 0 Å². The average Bonchev–Trinajstić information content (AvgIpc) is 2.33. The molecule has 0 amide bonds. The summed E-state index contributed by atoms with van der Waals surface area (Å²) in [6.45, 7) is 2.05. The predicted octanol–water partition coefficient (Wildman–Crippen LogP) is 4.34. The average molecular weight is 296 g/mol. The molecule has 0 saturated heterocycles. The topological polar surface area (TPSA) is 22.1 Å². The summed E-state index contributed by atoms with van der Waals surface area (Å²) in [5, 5.41) is 0. The van der Waals surface area contributed by atoms with Gasteiger partial charge in [0.15, 0.2) is 5.82 Å². The highest BCUT2D eigenvalue weighted by atomic mass is 79.9. The van der Waals surface area contributed by atoms with Crippen LogP contribution in [0, 0.1) is 5.82 Å². The molecular weight excluding hydrogens is 285 g/mol. The van der Waals surface area contributed by atoms with Gasteiger partial charge in [0.2, 0.25) is 0 Å². The van der Waals surface area contributed by atoms with Gasteiger partial charge in [-0.15, -0.1) is 0 Å². The van der Waals surface area contributed by atoms with E-state index in [9.17, 15) is 4.39 Å². The van der Waals surface area contributed by atoms with Crippen molar-refractivity contribution in [1.82, 2.24) is 4.98 Å². The van der Waals surface area contributed by atoms with Gasteiger partial charge in [0.25, 0.3) is 5.88 Å². The molecule has 0 radical (unpaired) electrons. The molecule has 0 unspecified atom stereocenters. The fourth-order valence-electron chi connectivity index (χ4n) is 1.42. The van der Waals surface area contributed by atoms with E-state index < -0.39 is 5.82 Å². The van der Waals surface area contributed by atoms with E-state index in [0.717, 1.165) is 12.0 Å². The number of nitrogens with zero attached hydrogens (tertiary/aromatic N) is 1. The quantitative estimate of drug-likeness (QED) is 0.840. The van der Waals surface area contributed by atoms with Crippen LogP contribution in [0.15, 0.2) is 41.0 Å². The molecule has 2 nitrogen and oxygen atoms in total. The van der Waals surface area contributed by atoms with Gasteiger partial charge in [0.05, 0.1) is 0 Å². The Kier molecular flexibility index (Phi) is 3.74. The van der Waals surface area contributed by atoms with Crippen molar-refractivity contribution in [2.24, 2.45) is 0 Å². The van der Waals surface area contributed by atoms with Crippen LogP contribution in [0.3, 0.4) is 0 Å². The van der Waals surface area contributed by atoms with Gasteiger partial charge in [-0.2, -0.15) is 0 Å². The molecule has 4 heteroatoms. The van der Waals surface area contributed by atoms with Crippen LogP contribution < -0.4 is 4.74 Å². The van der Waals surface area contributed by atoms with Crippen LogP contribution in [0.1, 0.15) is 12.5 Å². The highest BCUT2D eigenvalue weighted by Gasteiger charge is 2.07. The predicted molar refractivity (Wildman–Crippen MR) is 67.8 cm³/mol. The second-order valence-corrected chi connectivity index (χ2v) is 4.46. The number of hydrogen-bond donors (Lipinski definition) is 0. The second-order valence-electron chi connectivity index (χ2n) is 3.54. The number of pyridine rings is 1. The molecule has 1 aromatic heterocycles. The number of ether oxygens (including phenoxy) is 1. The van der Waals surface area contributed by atoms with Gasteiger partial charge in [-0.3, -0.25) is 0 Å². The molecular formula is C13H11BrFNO. The highest BCUT2D eigenvalue weighted by Crippen LogP contribution is 2.24. The van der Waals surface area contributed by atoms with E-state index in [4.69, 9.17) is 4.74 Å². The van der Waals surface area contributed by atoms with Crippen LogP contribution in [-0.4, -0.2) is 4.98 Å². The summed E-state index contributed by atoms with van der Waals surface area (Å²) < 4.78 is 19.5. The number of halogens is 2. The van der Waals surface area contributed by atoms with Crippen molar-refractivity contribution in [3.8, 4) is 11.6 Å². The third-order valence-corrected chi connectivity index (χ3v) is 2.73. The first-order valence-electron chi connectivity index (χ1n) is 5.27. The van der Waals surface area contributed by atoms with E-state index in [0.29, 0.717) is 10.2 Å². The number of aromatic nitrogens is 1. The Bertz CT molecular complexity index is 531. The van der Waals surface area contributed by atoms with E-state index in [1.165, 1.54) is 12.3 Å². The summed E-state index contributed by atoms with van der Waals surface area (Å²) in [5.74, 6) is 0.0980. The first-order chi connectivity index (χ1) is 8.19. The van der Waals surface area contributed by atoms with Gasteiger partial charge in [-0.1, -0.05) is 19.1 Å². The molecule has 0 saturated carbocycles. The van der Waals surface area contributed by atoms with Gasteiger partial charge in [0, 0.05) is 10.7 Å². The fourth-order valence-corrected chi connectivity index (χ4v) is 1.72. The summed E-state index contributed by atoms with van der Waals surface area (Å²) in [4.78, 5) is 3.88. The molecule has 0 fully saturated rings. The van der Waals surface area contributed by atoms with Crippen LogP contribution in [0.2, 0.25) is 0 Å². The summed E-state index contributed by atoms with van der Waals surface area (Å²) >= 11 is 3.15. The first-order valence-corrected chi connectivity index (χ1v) is 6.06. The molecule has 0 bridgehead atoms. The maximum absolute atomic E-state index is 13.5. The smallest absolute Gasteiger partial charge is 0.255 e. The molecule has 0 aliphatic carbocycles. The molecule has 0 aliphatic rings. The molecule has 17 heavy (non-hydrogen) atoms. The van der Waals surface area contributed by atoms with E-state index >= 15 is 0 Å². The number of benzene rings is 1. The Balaban J connectivity index is 2.25. The van der Waals surface area contributed by atoms with Gasteiger partial charge < -0.3 is 4.74 Å². The second kappa shape index (κ2) is 5.27. The lowest BCUT2D eigenvalue weighted by Crippen LogP contribution is -1.92. The van der Waals surface area contributed by atoms with E-state index in [1.54, 1.807) is 6.07 Å². The Morgan fingerprint density at radius 1 is 1.35 bits per heavy atom. The molecule has 2 rings (SSSR count). The zero-order chi connectivity index (χ0) is 12.3. The van der Waals surface area contributed by atoms with E-state index in [2.05, 4.69) is 27.8 Å². The lowest BCUT2D eigenvalue weighted by atomic mass is 10.2. The number of aryl methyl sites for hydroxylation is 1. The summed E-state index contributed by atoms with van der Waals surface area (Å²) in [7, 11) is 0. The van der Waals surface area contributed by atoms with Crippen LogP contribution in [0.4, 0.5) is 4.39 Å². The van der Waals surface area contributed by atoms with Crippen LogP contribution >= 0.6 is 15.9 Å². The monoisotopic (exact) mass is 295 g/mol. The molecule has 0 atom stereocenters. The van der Waals surface area contributed by atoms with Gasteiger partial charge in [-0.25, -0.2) is 9.37 Å². The zero-order valence-electron chi connectivity index (χ0n) is 9.28. The van der Waals surface area contributed by atoms with Crippen molar-refractivity contribution in [3.05, 3.63) is 52.4 Å². The summed E-state index contributed by atoms with van der Waals surface area (Å²) in [6.07, 6.45) is 2.41. The Morgan fingerprint density at radius 2 is 2.18 bits per heavy atom. The minimum absolute atomic E-state index is 0.0125.